The first kappa shape index (κ1) is 10.2. The molecule has 0 aromatic rings. The van der Waals surface area contributed by atoms with E-state index >= 15 is 0 Å². The normalized spacial score (nSPS) is 13.6. The zero-order valence-electron chi connectivity index (χ0n) is 6.31. The van der Waals surface area contributed by atoms with Gasteiger partial charge in [-0.25, -0.2) is 8.42 Å². The van der Waals surface area contributed by atoms with Gasteiger partial charge in [-0.15, -0.1) is 0 Å². The molecule has 62 valence electrons. The van der Waals surface area contributed by atoms with Crippen molar-refractivity contribution in [3.63, 3.8) is 0 Å². The average Bonchev–Trinajstić information content (AvgIpc) is 1.60. The molecule has 0 amide bonds. The fraction of sp³-hybridized carbons (Fsp3) is 1.00. The molecule has 0 spiro atoms. The summed E-state index contributed by atoms with van der Waals surface area (Å²) in [5.41, 5.74) is -0.444. The van der Waals surface area contributed by atoms with Gasteiger partial charge >= 0.3 is 0 Å². The topological polar surface area (TPSA) is 46.2 Å². The van der Waals surface area contributed by atoms with Gasteiger partial charge in [-0.1, -0.05) is 0 Å². The molecular weight excluding hydrogens is 174 g/mol. The molecule has 5 heteroatoms. The summed E-state index contributed by atoms with van der Waals surface area (Å²) >= 11 is 0. The van der Waals surface area contributed by atoms with Gasteiger partial charge in [0.1, 0.15) is 0 Å². The number of hydrogen-bond donors (Lipinski definition) is 1. The molecule has 10 heavy (non-hydrogen) atoms. The fourth-order valence-corrected chi connectivity index (χ4v) is 2.33. The van der Waals surface area contributed by atoms with Crippen molar-refractivity contribution in [3.8, 4) is 0 Å². The van der Waals surface area contributed by atoms with Gasteiger partial charge in [-0.3, -0.25) is 0 Å². The molecule has 0 aliphatic rings. The minimum Gasteiger partial charge on any atom is -0.314 e. The lowest BCUT2D eigenvalue weighted by atomic mass is 10.1. The van der Waals surface area contributed by atoms with Crippen LogP contribution in [-0.4, -0.2) is 26.8 Å². The van der Waals surface area contributed by atoms with Crippen LogP contribution in [0.3, 0.4) is 0 Å². The maximum absolute atomic E-state index is 10.5. The lowest BCUT2D eigenvalue weighted by Gasteiger charge is -2.21. The van der Waals surface area contributed by atoms with Crippen molar-refractivity contribution in [1.29, 1.82) is 0 Å². The maximum atomic E-state index is 10.5. The van der Waals surface area contributed by atoms with Gasteiger partial charge < -0.3 is 5.32 Å². The third kappa shape index (κ3) is 5.02. The van der Waals surface area contributed by atoms with Crippen LogP contribution in [0.2, 0.25) is 0 Å². The van der Waals surface area contributed by atoms with Crippen LogP contribution in [0.4, 0.5) is 0 Å². The molecule has 0 saturated carbocycles. The zero-order valence-corrected chi connectivity index (χ0v) is 7.88. The van der Waals surface area contributed by atoms with E-state index in [2.05, 4.69) is 5.32 Å². The Hall–Kier alpha value is 0.200. The average molecular weight is 186 g/mol. The van der Waals surface area contributed by atoms with Crippen molar-refractivity contribution in [3.05, 3.63) is 0 Å². The van der Waals surface area contributed by atoms with E-state index in [-0.39, 0.29) is 5.75 Å². The number of nitrogens with one attached hydrogen (secondary N) is 1. The summed E-state index contributed by atoms with van der Waals surface area (Å²) in [5.74, 6) is -0.0575. The Labute approximate surface area is 66.2 Å². The van der Waals surface area contributed by atoms with Gasteiger partial charge in [0.25, 0.3) is 0 Å². The monoisotopic (exact) mass is 185 g/mol. The van der Waals surface area contributed by atoms with Gasteiger partial charge in [0, 0.05) is 16.2 Å². The lowest BCUT2D eigenvalue weighted by Crippen LogP contribution is -2.41. The minimum atomic E-state index is -3.38. The van der Waals surface area contributed by atoms with Gasteiger partial charge in [0.05, 0.1) is 5.75 Å². The van der Waals surface area contributed by atoms with Crippen LogP contribution < -0.4 is 5.32 Å². The largest absolute Gasteiger partial charge is 0.314 e. The number of hydrogen-bond acceptors (Lipinski definition) is 3. The molecule has 0 rings (SSSR count). The Bertz CT molecular complexity index is 198. The van der Waals surface area contributed by atoms with Crippen molar-refractivity contribution in [1.82, 2.24) is 5.32 Å². The molecule has 0 aliphatic heterocycles. The van der Waals surface area contributed by atoms with Crippen LogP contribution in [-0.2, 0) is 9.05 Å². The highest BCUT2D eigenvalue weighted by atomic mass is 35.7. The van der Waals surface area contributed by atoms with Crippen molar-refractivity contribution in [2.75, 3.05) is 12.8 Å². The second-order valence-electron chi connectivity index (χ2n) is 2.82. The molecule has 0 heterocycles. The summed E-state index contributed by atoms with van der Waals surface area (Å²) in [4.78, 5) is 0. The van der Waals surface area contributed by atoms with Crippen molar-refractivity contribution < 1.29 is 8.42 Å². The number of rotatable bonds is 3. The smallest absolute Gasteiger partial charge is 0.234 e. The molecule has 0 aromatic heterocycles. The maximum Gasteiger partial charge on any atom is 0.234 e. The molecule has 0 aliphatic carbocycles. The summed E-state index contributed by atoms with van der Waals surface area (Å²) in [6.07, 6.45) is 0. The predicted octanol–water partition coefficient (Wildman–Crippen LogP) is 0.553. The first-order valence-corrected chi connectivity index (χ1v) is 5.36. The van der Waals surface area contributed by atoms with Crippen LogP contribution in [0.5, 0.6) is 0 Å². The number of halogens is 1. The Balaban J connectivity index is 4.16. The molecule has 0 aromatic carbocycles. The summed E-state index contributed by atoms with van der Waals surface area (Å²) in [5, 5.41) is 2.83. The summed E-state index contributed by atoms with van der Waals surface area (Å²) in [6, 6.07) is 0. The highest BCUT2D eigenvalue weighted by molar-refractivity contribution is 8.13. The van der Waals surface area contributed by atoms with Crippen LogP contribution in [0.15, 0.2) is 0 Å². The molecule has 0 bridgehead atoms. The molecule has 0 saturated heterocycles. The van der Waals surface area contributed by atoms with E-state index in [1.807, 2.05) is 0 Å². The molecule has 0 fully saturated rings. The molecule has 0 atom stereocenters. The molecule has 0 radical (unpaired) electrons. The Morgan fingerprint density at radius 1 is 1.50 bits per heavy atom. The molecule has 3 nitrogen and oxygen atoms in total. The van der Waals surface area contributed by atoms with Crippen LogP contribution >= 0.6 is 10.7 Å². The van der Waals surface area contributed by atoms with Crippen molar-refractivity contribution in [2.45, 2.75) is 19.4 Å². The standard InChI is InChI=1S/C5H12ClNO2S/c1-5(2,7-3)4-10(6,8)9/h7H,4H2,1-3H3. The van der Waals surface area contributed by atoms with Gasteiger partial charge in [-0.2, -0.15) is 0 Å². The summed E-state index contributed by atoms with van der Waals surface area (Å²) in [7, 11) is 3.34. The third-order valence-corrected chi connectivity index (χ3v) is 2.60. The fourth-order valence-electron chi connectivity index (χ4n) is 0.503. The van der Waals surface area contributed by atoms with Crippen LogP contribution in [0, 0.1) is 0 Å². The van der Waals surface area contributed by atoms with E-state index in [1.54, 1.807) is 20.9 Å². The molecule has 1 N–H and O–H groups in total. The van der Waals surface area contributed by atoms with E-state index < -0.39 is 14.6 Å². The second kappa shape index (κ2) is 3.07. The van der Waals surface area contributed by atoms with E-state index in [9.17, 15) is 8.42 Å². The lowest BCUT2D eigenvalue weighted by molar-refractivity contribution is 0.466. The van der Waals surface area contributed by atoms with Crippen LogP contribution in [0.25, 0.3) is 0 Å². The van der Waals surface area contributed by atoms with Gasteiger partial charge in [0.2, 0.25) is 9.05 Å². The highest BCUT2D eigenvalue weighted by Crippen LogP contribution is 2.08. The molecule has 0 unspecified atom stereocenters. The van der Waals surface area contributed by atoms with Crippen LogP contribution in [0.1, 0.15) is 13.8 Å². The zero-order chi connectivity index (χ0) is 8.41. The van der Waals surface area contributed by atoms with E-state index in [0.717, 1.165) is 0 Å². The van der Waals surface area contributed by atoms with E-state index in [0.29, 0.717) is 0 Å². The quantitative estimate of drug-likeness (QED) is 0.654. The first-order chi connectivity index (χ1) is 4.27. The minimum absolute atomic E-state index is 0.0575. The summed E-state index contributed by atoms with van der Waals surface area (Å²) < 4.78 is 21.1. The van der Waals surface area contributed by atoms with E-state index in [1.165, 1.54) is 0 Å². The third-order valence-electron chi connectivity index (χ3n) is 1.21. The van der Waals surface area contributed by atoms with Gasteiger partial charge in [-0.05, 0) is 20.9 Å². The highest BCUT2D eigenvalue weighted by Gasteiger charge is 2.22. The molecular formula is C5H12ClNO2S. The van der Waals surface area contributed by atoms with Crippen molar-refractivity contribution >= 4 is 19.7 Å². The van der Waals surface area contributed by atoms with E-state index in [4.69, 9.17) is 10.7 Å². The Morgan fingerprint density at radius 3 is 2.00 bits per heavy atom. The summed E-state index contributed by atoms with van der Waals surface area (Å²) in [6.45, 7) is 3.54. The van der Waals surface area contributed by atoms with Crippen molar-refractivity contribution in [2.24, 2.45) is 0 Å². The Kier molecular flexibility index (Phi) is 3.13. The predicted molar refractivity (Wildman–Crippen MR) is 42.8 cm³/mol. The SMILES string of the molecule is CNC(C)(C)CS(=O)(=O)Cl. The second-order valence-corrected chi connectivity index (χ2v) is 5.59. The Morgan fingerprint density at radius 2 is 1.90 bits per heavy atom. The van der Waals surface area contributed by atoms with Gasteiger partial charge in [0.15, 0.2) is 0 Å². The first-order valence-electron chi connectivity index (χ1n) is 2.88.